The van der Waals surface area contributed by atoms with Gasteiger partial charge in [-0.3, -0.25) is 4.90 Å². The highest BCUT2D eigenvalue weighted by Gasteiger charge is 2.30. The Balaban J connectivity index is 1.67. The topological polar surface area (TPSA) is 6.48 Å². The summed E-state index contributed by atoms with van der Waals surface area (Å²) in [7, 11) is 0. The summed E-state index contributed by atoms with van der Waals surface area (Å²) >= 11 is 2.13. The third-order valence-corrected chi connectivity index (χ3v) is 7.11. The molecule has 2 nitrogen and oxygen atoms in total. The van der Waals surface area contributed by atoms with Crippen LogP contribution in [0, 0.1) is 23.2 Å². The maximum absolute atomic E-state index is 2.76. The molecule has 2 aliphatic rings. The van der Waals surface area contributed by atoms with E-state index in [9.17, 15) is 0 Å². The van der Waals surface area contributed by atoms with Crippen LogP contribution in [0.1, 0.15) is 60.3 Å². The van der Waals surface area contributed by atoms with Crippen molar-refractivity contribution in [1.82, 2.24) is 9.80 Å². The van der Waals surface area contributed by atoms with Crippen molar-refractivity contribution in [3.63, 3.8) is 0 Å². The van der Waals surface area contributed by atoms with Crippen molar-refractivity contribution < 1.29 is 0 Å². The summed E-state index contributed by atoms with van der Waals surface area (Å²) in [6, 6.07) is 0. The molecule has 0 aromatic heterocycles. The van der Waals surface area contributed by atoms with Crippen molar-refractivity contribution in [2.24, 2.45) is 23.2 Å². The first-order valence-corrected chi connectivity index (χ1v) is 11.0. The lowest BCUT2D eigenvalue weighted by atomic mass is 9.75. The molecule has 0 N–H and O–H groups in total. The molecule has 0 bridgehead atoms. The molecule has 2 heterocycles. The van der Waals surface area contributed by atoms with Gasteiger partial charge in [0.05, 0.1) is 0 Å². The Kier molecular flexibility index (Phi) is 7.75. The van der Waals surface area contributed by atoms with E-state index >= 15 is 0 Å². The number of nitrogens with zero attached hydrogens (tertiary/aromatic N) is 2. The van der Waals surface area contributed by atoms with Crippen LogP contribution in [0.3, 0.4) is 0 Å². The van der Waals surface area contributed by atoms with Gasteiger partial charge in [-0.1, -0.05) is 34.6 Å². The van der Waals surface area contributed by atoms with Gasteiger partial charge < -0.3 is 4.90 Å². The van der Waals surface area contributed by atoms with E-state index in [1.165, 1.54) is 70.0 Å². The molecule has 0 radical (unpaired) electrons. The van der Waals surface area contributed by atoms with Crippen LogP contribution in [0.2, 0.25) is 0 Å². The van der Waals surface area contributed by atoms with Crippen LogP contribution in [0.5, 0.6) is 0 Å². The first-order chi connectivity index (χ1) is 10.8. The molecule has 0 aromatic rings. The summed E-state index contributed by atoms with van der Waals surface area (Å²) in [6.07, 6.45) is 5.67. The number of likely N-dealkylation sites (tertiary alicyclic amines) is 2. The fourth-order valence-electron chi connectivity index (χ4n) is 4.18. The number of hydrogen-bond donors (Lipinski definition) is 0. The van der Waals surface area contributed by atoms with E-state index in [2.05, 4.69) is 56.2 Å². The maximum atomic E-state index is 2.76. The zero-order chi connectivity index (χ0) is 16.9. The van der Waals surface area contributed by atoms with Crippen molar-refractivity contribution >= 4 is 11.8 Å². The Morgan fingerprint density at radius 1 is 1.00 bits per heavy atom. The molecular formula is C20H40N2S. The Morgan fingerprint density at radius 3 is 2.30 bits per heavy atom. The second kappa shape index (κ2) is 9.10. The van der Waals surface area contributed by atoms with E-state index in [1.54, 1.807) is 0 Å². The minimum absolute atomic E-state index is 0.501. The van der Waals surface area contributed by atoms with Crippen molar-refractivity contribution in [2.45, 2.75) is 60.3 Å². The highest BCUT2D eigenvalue weighted by Crippen LogP contribution is 2.34. The Labute approximate surface area is 149 Å². The lowest BCUT2D eigenvalue weighted by molar-refractivity contribution is 0.0843. The van der Waals surface area contributed by atoms with Crippen molar-refractivity contribution in [3.8, 4) is 0 Å². The normalized spacial score (nSPS) is 26.1. The molecule has 0 saturated carbocycles. The van der Waals surface area contributed by atoms with Gasteiger partial charge in [0.1, 0.15) is 0 Å². The molecule has 0 unspecified atom stereocenters. The molecule has 1 atom stereocenters. The third-order valence-electron chi connectivity index (χ3n) is 5.66. The molecule has 0 amide bonds. The Morgan fingerprint density at radius 2 is 1.70 bits per heavy atom. The summed E-state index contributed by atoms with van der Waals surface area (Å²) in [5, 5.41) is 0. The van der Waals surface area contributed by atoms with Crippen LogP contribution >= 0.6 is 11.8 Å². The van der Waals surface area contributed by atoms with Gasteiger partial charge in [-0.15, -0.1) is 11.8 Å². The smallest absolute Gasteiger partial charge is 0.0444 e. The van der Waals surface area contributed by atoms with Crippen LogP contribution in [0.4, 0.5) is 0 Å². The van der Waals surface area contributed by atoms with Crippen molar-refractivity contribution in [1.29, 1.82) is 0 Å². The Hall–Kier alpha value is 0.270. The van der Waals surface area contributed by atoms with Crippen LogP contribution in [-0.2, 0) is 0 Å². The lowest BCUT2D eigenvalue weighted by Crippen LogP contribution is -2.44. The molecule has 0 aromatic carbocycles. The highest BCUT2D eigenvalue weighted by molar-refractivity contribution is 7.99. The molecule has 23 heavy (non-hydrogen) atoms. The van der Waals surface area contributed by atoms with E-state index in [0.29, 0.717) is 5.41 Å². The molecule has 0 spiro atoms. The van der Waals surface area contributed by atoms with Crippen molar-refractivity contribution in [3.05, 3.63) is 0 Å². The van der Waals surface area contributed by atoms with E-state index in [-0.39, 0.29) is 0 Å². The SMILES string of the molecule is CC(C)CSCN1CCC[C@@H](CN2CCC(C(C)(C)C)CC2)C1. The van der Waals surface area contributed by atoms with Gasteiger partial charge in [0, 0.05) is 19.0 Å². The van der Waals surface area contributed by atoms with Gasteiger partial charge in [0.15, 0.2) is 0 Å². The van der Waals surface area contributed by atoms with Gasteiger partial charge in [0.2, 0.25) is 0 Å². The standard InChI is InChI=1S/C20H40N2S/c1-17(2)15-23-16-22-10-6-7-18(14-22)13-21-11-8-19(9-12-21)20(3,4)5/h17-19H,6-16H2,1-5H3/t18-/m0/s1. The number of thioether (sulfide) groups is 1. The van der Waals surface area contributed by atoms with Crippen LogP contribution in [0.25, 0.3) is 0 Å². The minimum Gasteiger partial charge on any atom is -0.303 e. The van der Waals surface area contributed by atoms with Gasteiger partial charge in [0.25, 0.3) is 0 Å². The molecule has 0 aliphatic carbocycles. The van der Waals surface area contributed by atoms with E-state index in [1.807, 2.05) is 0 Å². The number of piperidine rings is 2. The highest BCUT2D eigenvalue weighted by atomic mass is 32.2. The first-order valence-electron chi connectivity index (χ1n) is 9.87. The lowest BCUT2D eigenvalue weighted by Gasteiger charge is -2.41. The third kappa shape index (κ3) is 6.96. The molecule has 2 saturated heterocycles. The first kappa shape index (κ1) is 19.6. The van der Waals surface area contributed by atoms with E-state index in [0.717, 1.165) is 17.8 Å². The summed E-state index contributed by atoms with van der Waals surface area (Å²) < 4.78 is 0. The summed E-state index contributed by atoms with van der Waals surface area (Å²) in [5.74, 6) is 5.22. The summed E-state index contributed by atoms with van der Waals surface area (Å²) in [5.41, 5.74) is 0.501. The fourth-order valence-corrected chi connectivity index (χ4v) is 5.25. The predicted octanol–water partition coefficient (Wildman–Crippen LogP) is 4.80. The van der Waals surface area contributed by atoms with Crippen LogP contribution < -0.4 is 0 Å². The molecule has 2 rings (SSSR count). The molecule has 2 fully saturated rings. The second-order valence-electron chi connectivity index (χ2n) is 9.42. The van der Waals surface area contributed by atoms with Gasteiger partial charge in [-0.05, 0) is 74.2 Å². The number of hydrogen-bond acceptors (Lipinski definition) is 3. The van der Waals surface area contributed by atoms with Gasteiger partial charge in [-0.25, -0.2) is 0 Å². The van der Waals surface area contributed by atoms with E-state index < -0.39 is 0 Å². The largest absolute Gasteiger partial charge is 0.303 e. The minimum atomic E-state index is 0.501. The van der Waals surface area contributed by atoms with Crippen LogP contribution in [0.15, 0.2) is 0 Å². The average Bonchev–Trinajstić information content (AvgIpc) is 2.47. The Bertz CT molecular complexity index is 329. The maximum Gasteiger partial charge on any atom is 0.0444 e. The molecule has 136 valence electrons. The average molecular weight is 341 g/mol. The zero-order valence-corrected chi connectivity index (χ0v) is 17.1. The molecule has 2 aliphatic heterocycles. The van der Waals surface area contributed by atoms with Crippen LogP contribution in [-0.4, -0.2) is 54.2 Å². The second-order valence-corrected chi connectivity index (χ2v) is 10.4. The van der Waals surface area contributed by atoms with Gasteiger partial charge in [-0.2, -0.15) is 0 Å². The van der Waals surface area contributed by atoms with E-state index in [4.69, 9.17) is 0 Å². The van der Waals surface area contributed by atoms with Crippen molar-refractivity contribution in [2.75, 3.05) is 44.4 Å². The summed E-state index contributed by atoms with van der Waals surface area (Å²) in [4.78, 5) is 5.47. The van der Waals surface area contributed by atoms with Gasteiger partial charge >= 0.3 is 0 Å². The fraction of sp³-hybridized carbons (Fsp3) is 1.00. The summed E-state index contributed by atoms with van der Waals surface area (Å²) in [6.45, 7) is 18.6. The number of rotatable bonds is 6. The predicted molar refractivity (Wildman–Crippen MR) is 105 cm³/mol. The monoisotopic (exact) mass is 340 g/mol. The molecule has 3 heteroatoms. The quantitative estimate of drug-likeness (QED) is 0.685. The molecular weight excluding hydrogens is 300 g/mol. The zero-order valence-electron chi connectivity index (χ0n) is 16.3.